The number of hydrogen-bond acceptors (Lipinski definition) is 10. The van der Waals surface area contributed by atoms with E-state index in [1.54, 1.807) is 17.5 Å². The van der Waals surface area contributed by atoms with Crippen molar-refractivity contribution < 1.29 is 4.42 Å². The summed E-state index contributed by atoms with van der Waals surface area (Å²) in [6, 6.07) is 139. The molecule has 1 aliphatic carbocycles. The van der Waals surface area contributed by atoms with Crippen LogP contribution in [0.15, 0.2) is 439 Å². The smallest absolute Gasteiger partial charge is 0.227 e. The van der Waals surface area contributed by atoms with Gasteiger partial charge in [-0.05, 0) is 187 Å². The highest BCUT2D eigenvalue weighted by Gasteiger charge is 2.36. The number of hydrogen-bond donors (Lipinski definition) is 0. The lowest BCUT2D eigenvalue weighted by atomic mass is 9.75. The number of anilines is 3. The lowest BCUT2D eigenvalue weighted by Crippen LogP contribution is -2.20. The highest BCUT2D eigenvalue weighted by molar-refractivity contribution is 8.00. The summed E-state index contributed by atoms with van der Waals surface area (Å²) in [4.78, 5) is 28.7. The van der Waals surface area contributed by atoms with Crippen LogP contribution in [0.3, 0.4) is 0 Å². The Morgan fingerprint density at radius 2 is 0.908 bits per heavy atom. The Morgan fingerprint density at radius 3 is 1.68 bits per heavy atom. The molecule has 0 bridgehead atoms. The van der Waals surface area contributed by atoms with E-state index in [9.17, 15) is 0 Å². The molecule has 130 heavy (non-hydrogen) atoms. The first-order valence-electron chi connectivity index (χ1n) is 43.8. The van der Waals surface area contributed by atoms with Crippen LogP contribution in [-0.2, 0) is 5.41 Å². The van der Waals surface area contributed by atoms with Gasteiger partial charge in [-0.15, -0.1) is 22.7 Å². The van der Waals surface area contributed by atoms with E-state index in [-0.39, 0.29) is 5.41 Å². The predicted molar refractivity (Wildman–Crippen MR) is 542 cm³/mol. The molecule has 0 fully saturated rings. The number of pyridine rings is 1. The standard InChI is InChI=1S/C41H29NS.C40H24N4S2.C37H23N3O/c1-41(2)35-19-7-5-14-31(35)30-13-3-4-16-33(30)38-36(41)22-21-26-23-24-42(39(26)38)28-12-9-11-27(25-28)29-17-10-18-34-32-15-6-8-20-37(32)43-40(29)34;1-3-10-25(11-4-1)39-41-21-18-33(43-39)31-17-9-16-30-28-14-7-8-15-29(28)35-36-27(20-23-45-36)24-32(38(35)46-37(30)31)34-19-22-42-40(44-34)26-12-5-2-6-13-26;1-2-9-24(10-3-1)39-22-20-31-32(39)18-19-34-36(31)29-13-5-4-11-26(29)27-12-6-7-15-33(27)40(34)25-16-17-28-30-14-8-21-38-37(30)41-35(28)23-25/h3-25H,1-2H3;1-24H;1-23H. The highest BCUT2D eigenvalue weighted by Crippen LogP contribution is 2.59. The number of furan rings is 1. The van der Waals surface area contributed by atoms with Crippen LogP contribution in [0.4, 0.5) is 17.1 Å². The molecule has 0 spiro atoms. The Labute approximate surface area is 762 Å². The molecule has 24 aromatic rings. The van der Waals surface area contributed by atoms with E-state index in [2.05, 4.69) is 394 Å². The maximum atomic E-state index is 6.23. The molecule has 0 unspecified atom stereocenters. The van der Waals surface area contributed by atoms with Gasteiger partial charge in [-0.3, -0.25) is 0 Å². The Hall–Kier alpha value is -16.0. The number of aromatic nitrogens is 7. The lowest BCUT2D eigenvalue weighted by molar-refractivity contribution is 0.647. The van der Waals surface area contributed by atoms with Gasteiger partial charge in [-0.2, -0.15) is 0 Å². The second kappa shape index (κ2) is 31.3. The Morgan fingerprint density at radius 1 is 0.315 bits per heavy atom. The van der Waals surface area contributed by atoms with Crippen LogP contribution in [0.5, 0.6) is 0 Å². The molecule has 0 N–H and O–H groups in total. The normalized spacial score (nSPS) is 12.6. The van der Waals surface area contributed by atoms with Gasteiger partial charge in [0.05, 0.1) is 33.8 Å². The summed E-state index contributed by atoms with van der Waals surface area (Å²) in [5.74, 6) is 1.43. The van der Waals surface area contributed by atoms with Crippen molar-refractivity contribution in [1.29, 1.82) is 0 Å². The molecule has 2 aliphatic heterocycles. The van der Waals surface area contributed by atoms with Crippen LogP contribution in [0.1, 0.15) is 25.0 Å². The summed E-state index contributed by atoms with van der Waals surface area (Å²) < 4.78 is 14.9. The molecule has 612 valence electrons. The third-order valence-corrected chi connectivity index (χ3v) is 29.5. The van der Waals surface area contributed by atoms with Gasteiger partial charge >= 0.3 is 0 Å². The average Bonchev–Trinajstić information content (AvgIpc) is 1.55. The molecule has 0 amide bonds. The first-order chi connectivity index (χ1) is 64.3. The molecule has 0 saturated heterocycles. The molecule has 27 rings (SSSR count). The van der Waals surface area contributed by atoms with Crippen molar-refractivity contribution in [1.82, 2.24) is 34.1 Å². The van der Waals surface area contributed by atoms with Crippen molar-refractivity contribution in [3.63, 3.8) is 0 Å². The summed E-state index contributed by atoms with van der Waals surface area (Å²) >= 11 is 5.49. The molecule has 12 heteroatoms. The van der Waals surface area contributed by atoms with Gasteiger partial charge in [-0.25, -0.2) is 24.9 Å². The molecular weight excluding hydrogens is 1640 g/mol. The monoisotopic (exact) mass is 1720 g/mol. The second-order valence-electron chi connectivity index (χ2n) is 33.7. The van der Waals surface area contributed by atoms with Gasteiger partial charge in [0.25, 0.3) is 0 Å². The number of benzene rings is 16. The largest absolute Gasteiger partial charge is 0.438 e. The molecule has 0 saturated carbocycles. The number of nitrogens with zero attached hydrogens (tertiary/aromatic N) is 8. The summed E-state index contributed by atoms with van der Waals surface area (Å²) in [7, 11) is 0. The van der Waals surface area contributed by atoms with Crippen molar-refractivity contribution in [2.24, 2.45) is 0 Å². The van der Waals surface area contributed by atoms with Crippen molar-refractivity contribution >= 4 is 126 Å². The number of fused-ring (bicyclic) bond motifs is 27. The third-order valence-electron chi connectivity index (χ3n) is 26.0. The van der Waals surface area contributed by atoms with E-state index >= 15 is 0 Å². The first-order valence-corrected chi connectivity index (χ1v) is 46.3. The minimum absolute atomic E-state index is 0.160. The van der Waals surface area contributed by atoms with Crippen molar-refractivity contribution in [2.75, 3.05) is 4.90 Å². The second-order valence-corrected chi connectivity index (χ2v) is 36.7. The molecule has 9 nitrogen and oxygen atoms in total. The van der Waals surface area contributed by atoms with Crippen LogP contribution >= 0.6 is 34.4 Å². The molecule has 10 heterocycles. The topological polar surface area (TPSA) is 90.7 Å². The SMILES string of the molecule is CC1(C)c2ccccc2-c2ccccc2-c2c1ccc1ccn(-c3cccc(-c4cccc5c4sc4ccccc45)c3)c21.c1ccc(-c2nccc(-c3cccc4c3Sc3c(-c5ccnc(-c6ccccc6)n5)cc5ccsc5c3-c3ccccc3-4)n2)cc1.c1ccc(-n2ccc3c4c(ccc32)N(c2ccc3c(c2)oc2ncccc23)c2ccccc2-c2ccccc2-4)cc1. The van der Waals surface area contributed by atoms with Gasteiger partial charge in [0.15, 0.2) is 11.6 Å². The molecule has 0 atom stereocenters. The molecule has 8 aromatic heterocycles. The van der Waals surface area contributed by atoms with E-state index in [1.807, 2.05) is 90.1 Å². The summed E-state index contributed by atoms with van der Waals surface area (Å²) in [5, 5.41) is 10.6. The number of para-hydroxylation sites is 2. The molecule has 16 aromatic carbocycles. The zero-order chi connectivity index (χ0) is 86.1. The van der Waals surface area contributed by atoms with Crippen LogP contribution in [-0.4, -0.2) is 34.1 Å². The van der Waals surface area contributed by atoms with Gasteiger partial charge in [0.2, 0.25) is 5.71 Å². The van der Waals surface area contributed by atoms with E-state index in [0.717, 1.165) is 72.7 Å². The fourth-order valence-corrected chi connectivity index (χ4v) is 23.7. The summed E-state index contributed by atoms with van der Waals surface area (Å²) in [6.07, 6.45) is 9.93. The van der Waals surface area contributed by atoms with Gasteiger partial charge in [-0.1, -0.05) is 299 Å². The minimum Gasteiger partial charge on any atom is -0.438 e. The zero-order valence-electron chi connectivity index (χ0n) is 70.6. The summed E-state index contributed by atoms with van der Waals surface area (Å²) in [6.45, 7) is 4.75. The lowest BCUT2D eigenvalue weighted by Gasteiger charge is -2.28. The van der Waals surface area contributed by atoms with Crippen molar-refractivity contribution in [2.45, 2.75) is 29.1 Å². The minimum atomic E-state index is -0.160. The third kappa shape index (κ3) is 12.7. The van der Waals surface area contributed by atoms with Crippen molar-refractivity contribution in [3.8, 4) is 135 Å². The van der Waals surface area contributed by atoms with Gasteiger partial charge in [0.1, 0.15) is 5.58 Å². The molecular formula is C118H76N8OS3. The molecule has 3 aliphatic rings. The summed E-state index contributed by atoms with van der Waals surface area (Å²) in [5.41, 5.74) is 35.6. The Kier molecular flexibility index (Phi) is 18.4. The van der Waals surface area contributed by atoms with E-state index in [1.165, 1.54) is 157 Å². The quantitative estimate of drug-likeness (QED) is 0.149. The molecule has 0 radical (unpaired) electrons. The first kappa shape index (κ1) is 76.5. The van der Waals surface area contributed by atoms with Crippen LogP contribution in [0, 0.1) is 0 Å². The van der Waals surface area contributed by atoms with Crippen molar-refractivity contribution in [3.05, 3.63) is 436 Å². The predicted octanol–water partition coefficient (Wildman–Crippen LogP) is 32.6. The number of rotatable bonds is 8. The fourth-order valence-electron chi connectivity index (χ4n) is 20.1. The van der Waals surface area contributed by atoms with Crippen LogP contribution < -0.4 is 4.90 Å². The van der Waals surface area contributed by atoms with Gasteiger partial charge in [0, 0.05) is 160 Å². The van der Waals surface area contributed by atoms with E-state index in [4.69, 9.17) is 14.4 Å². The van der Waals surface area contributed by atoms with Crippen LogP contribution in [0.2, 0.25) is 0 Å². The van der Waals surface area contributed by atoms with Gasteiger partial charge < -0.3 is 18.5 Å². The number of thiophene rings is 2. The zero-order valence-corrected chi connectivity index (χ0v) is 73.1. The Bertz CT molecular complexity index is 8660. The van der Waals surface area contributed by atoms with E-state index < -0.39 is 0 Å². The maximum absolute atomic E-state index is 6.23. The van der Waals surface area contributed by atoms with Crippen LogP contribution in [0.25, 0.3) is 209 Å². The van der Waals surface area contributed by atoms with E-state index in [0.29, 0.717) is 17.4 Å². The average molecular weight is 1720 g/mol. The highest BCUT2D eigenvalue weighted by atomic mass is 32.2. The Balaban J connectivity index is 0.000000105. The fraction of sp³-hybridized carbons (Fsp3) is 0.0254. The maximum Gasteiger partial charge on any atom is 0.227 e.